The maximum atomic E-state index is 8.80. The number of likely N-dealkylation sites (N-methyl/N-ethyl adjacent to an activating group) is 1. The fraction of sp³-hybridized carbons (Fsp3) is 0.455. The Morgan fingerprint density at radius 1 is 1.47 bits per heavy atom. The van der Waals surface area contributed by atoms with E-state index in [0.717, 1.165) is 23.5 Å². The highest BCUT2D eigenvalue weighted by molar-refractivity contribution is 5.47. The number of ether oxygens (including phenoxy) is 1. The fourth-order valence-electron chi connectivity index (χ4n) is 1.46. The van der Waals surface area contributed by atoms with Gasteiger partial charge in [0.25, 0.3) is 0 Å². The van der Waals surface area contributed by atoms with Crippen LogP contribution in [-0.2, 0) is 6.54 Å². The molecule has 4 heteroatoms. The van der Waals surface area contributed by atoms with Crippen molar-refractivity contribution in [2.24, 2.45) is 0 Å². The Morgan fingerprint density at radius 2 is 2.20 bits per heavy atom. The van der Waals surface area contributed by atoms with Gasteiger partial charge in [-0.1, -0.05) is 0 Å². The van der Waals surface area contributed by atoms with Gasteiger partial charge in [-0.15, -0.1) is 0 Å². The lowest BCUT2D eigenvalue weighted by molar-refractivity contribution is 0.216. The summed E-state index contributed by atoms with van der Waals surface area (Å²) in [7, 11) is 3.58. The molecule has 0 amide bonds. The van der Waals surface area contributed by atoms with Crippen LogP contribution >= 0.6 is 0 Å². The molecule has 0 spiro atoms. The molecule has 15 heavy (non-hydrogen) atoms. The predicted octanol–water partition coefficient (Wildman–Crippen LogP) is 0.702. The topological polar surface area (TPSA) is 58.7 Å². The molecule has 0 saturated heterocycles. The smallest absolute Gasteiger partial charge is 0.123 e. The molecule has 0 aromatic heterocycles. The Kier molecular flexibility index (Phi) is 4.39. The van der Waals surface area contributed by atoms with Crippen molar-refractivity contribution >= 4 is 5.69 Å². The zero-order chi connectivity index (χ0) is 11.3. The quantitative estimate of drug-likeness (QED) is 0.702. The zero-order valence-electron chi connectivity index (χ0n) is 9.23. The number of benzene rings is 1. The van der Waals surface area contributed by atoms with E-state index in [4.69, 9.17) is 15.6 Å². The fourth-order valence-corrected chi connectivity index (χ4v) is 1.46. The molecule has 1 aromatic carbocycles. The van der Waals surface area contributed by atoms with Crippen LogP contribution in [0.5, 0.6) is 5.75 Å². The second-order valence-electron chi connectivity index (χ2n) is 3.53. The maximum absolute atomic E-state index is 8.80. The Labute approximate surface area is 90.3 Å². The molecular weight excluding hydrogens is 192 g/mol. The average molecular weight is 210 g/mol. The standard InChI is InChI=1S/C11H18N2O2/c1-13(5-6-14)8-9-7-10(12)3-4-11(9)15-2/h3-4,7,14H,5-6,8,12H2,1-2H3. The van der Waals surface area contributed by atoms with Crippen LogP contribution in [0.4, 0.5) is 5.69 Å². The molecule has 0 atom stereocenters. The van der Waals surface area contributed by atoms with Gasteiger partial charge in [-0.2, -0.15) is 0 Å². The highest BCUT2D eigenvalue weighted by atomic mass is 16.5. The predicted molar refractivity (Wildman–Crippen MR) is 60.8 cm³/mol. The number of aliphatic hydroxyl groups is 1. The highest BCUT2D eigenvalue weighted by Gasteiger charge is 2.06. The molecular formula is C11H18N2O2. The van der Waals surface area contributed by atoms with E-state index >= 15 is 0 Å². The summed E-state index contributed by atoms with van der Waals surface area (Å²) in [6, 6.07) is 5.57. The van der Waals surface area contributed by atoms with Gasteiger partial charge in [0.1, 0.15) is 5.75 Å². The molecule has 4 nitrogen and oxygen atoms in total. The highest BCUT2D eigenvalue weighted by Crippen LogP contribution is 2.22. The second kappa shape index (κ2) is 5.58. The average Bonchev–Trinajstić information content (AvgIpc) is 2.18. The van der Waals surface area contributed by atoms with E-state index in [1.807, 2.05) is 30.1 Å². The van der Waals surface area contributed by atoms with Crippen molar-refractivity contribution in [3.63, 3.8) is 0 Å². The number of hydrogen-bond donors (Lipinski definition) is 2. The van der Waals surface area contributed by atoms with Crippen molar-refractivity contribution in [1.29, 1.82) is 0 Å². The third-order valence-electron chi connectivity index (χ3n) is 2.23. The number of hydrogen-bond acceptors (Lipinski definition) is 4. The van der Waals surface area contributed by atoms with E-state index in [2.05, 4.69) is 0 Å². The van der Waals surface area contributed by atoms with Gasteiger partial charge in [0, 0.05) is 24.3 Å². The summed E-state index contributed by atoms with van der Waals surface area (Å²) in [4.78, 5) is 2.01. The minimum atomic E-state index is 0.154. The summed E-state index contributed by atoms with van der Waals surface area (Å²) < 4.78 is 5.23. The van der Waals surface area contributed by atoms with E-state index in [9.17, 15) is 0 Å². The van der Waals surface area contributed by atoms with Gasteiger partial charge < -0.3 is 15.6 Å². The van der Waals surface area contributed by atoms with Crippen LogP contribution in [0.15, 0.2) is 18.2 Å². The summed E-state index contributed by atoms with van der Waals surface area (Å²) in [6.07, 6.45) is 0. The van der Waals surface area contributed by atoms with E-state index in [0.29, 0.717) is 6.54 Å². The first kappa shape index (κ1) is 11.8. The third-order valence-corrected chi connectivity index (χ3v) is 2.23. The van der Waals surface area contributed by atoms with Gasteiger partial charge in [0.05, 0.1) is 13.7 Å². The first-order chi connectivity index (χ1) is 7.17. The molecule has 3 N–H and O–H groups in total. The SMILES string of the molecule is COc1ccc(N)cc1CN(C)CCO. The van der Waals surface area contributed by atoms with E-state index in [1.165, 1.54) is 0 Å². The summed E-state index contributed by atoms with van der Waals surface area (Å²) in [5.74, 6) is 0.828. The van der Waals surface area contributed by atoms with Crippen LogP contribution in [0.2, 0.25) is 0 Å². The first-order valence-electron chi connectivity index (χ1n) is 4.89. The number of anilines is 1. The Bertz CT molecular complexity index is 315. The molecule has 0 saturated carbocycles. The van der Waals surface area contributed by atoms with Crippen molar-refractivity contribution in [2.45, 2.75) is 6.54 Å². The lowest BCUT2D eigenvalue weighted by Gasteiger charge is -2.17. The summed E-state index contributed by atoms with van der Waals surface area (Å²) in [6.45, 7) is 1.51. The van der Waals surface area contributed by atoms with Gasteiger partial charge in [-0.05, 0) is 25.2 Å². The van der Waals surface area contributed by atoms with Crippen molar-refractivity contribution in [1.82, 2.24) is 4.90 Å². The molecule has 0 fully saturated rings. The van der Waals surface area contributed by atoms with Gasteiger partial charge >= 0.3 is 0 Å². The summed E-state index contributed by atoms with van der Waals surface area (Å²) >= 11 is 0. The lowest BCUT2D eigenvalue weighted by Crippen LogP contribution is -2.21. The lowest BCUT2D eigenvalue weighted by atomic mass is 10.1. The van der Waals surface area contributed by atoms with Crippen LogP contribution in [0, 0.1) is 0 Å². The molecule has 1 rings (SSSR count). The molecule has 0 unspecified atom stereocenters. The van der Waals surface area contributed by atoms with Crippen molar-refractivity contribution in [3.05, 3.63) is 23.8 Å². The van der Waals surface area contributed by atoms with Crippen molar-refractivity contribution < 1.29 is 9.84 Å². The minimum absolute atomic E-state index is 0.154. The number of nitrogen functional groups attached to an aromatic ring is 1. The molecule has 84 valence electrons. The van der Waals surface area contributed by atoms with Crippen LogP contribution in [0.3, 0.4) is 0 Å². The van der Waals surface area contributed by atoms with Crippen LogP contribution in [0.1, 0.15) is 5.56 Å². The monoisotopic (exact) mass is 210 g/mol. The summed E-state index contributed by atoms with van der Waals surface area (Å²) in [5.41, 5.74) is 7.47. The summed E-state index contributed by atoms with van der Waals surface area (Å²) in [5, 5.41) is 8.80. The van der Waals surface area contributed by atoms with Crippen LogP contribution in [-0.4, -0.2) is 37.3 Å². The number of nitrogens with two attached hydrogens (primary N) is 1. The van der Waals surface area contributed by atoms with Gasteiger partial charge in [-0.3, -0.25) is 4.90 Å². The largest absolute Gasteiger partial charge is 0.496 e. The normalized spacial score (nSPS) is 10.7. The van der Waals surface area contributed by atoms with Crippen LogP contribution in [0.25, 0.3) is 0 Å². The number of rotatable bonds is 5. The number of nitrogens with zero attached hydrogens (tertiary/aromatic N) is 1. The van der Waals surface area contributed by atoms with Gasteiger partial charge in [0.15, 0.2) is 0 Å². The van der Waals surface area contributed by atoms with E-state index < -0.39 is 0 Å². The van der Waals surface area contributed by atoms with Crippen molar-refractivity contribution in [3.8, 4) is 5.75 Å². The third kappa shape index (κ3) is 3.42. The number of methoxy groups -OCH3 is 1. The Morgan fingerprint density at radius 3 is 2.80 bits per heavy atom. The van der Waals surface area contributed by atoms with Crippen LogP contribution < -0.4 is 10.5 Å². The second-order valence-corrected chi connectivity index (χ2v) is 3.53. The molecule has 0 aliphatic carbocycles. The first-order valence-corrected chi connectivity index (χ1v) is 4.89. The maximum Gasteiger partial charge on any atom is 0.123 e. The zero-order valence-corrected chi connectivity index (χ0v) is 9.23. The molecule has 0 heterocycles. The van der Waals surface area contributed by atoms with Gasteiger partial charge in [-0.25, -0.2) is 0 Å². The molecule has 0 radical (unpaired) electrons. The Balaban J connectivity index is 2.77. The van der Waals surface area contributed by atoms with E-state index in [-0.39, 0.29) is 6.61 Å². The Hall–Kier alpha value is -1.26. The van der Waals surface area contributed by atoms with Gasteiger partial charge in [0.2, 0.25) is 0 Å². The van der Waals surface area contributed by atoms with Crippen molar-refractivity contribution in [2.75, 3.05) is 33.0 Å². The van der Waals surface area contributed by atoms with E-state index in [1.54, 1.807) is 7.11 Å². The molecule has 0 bridgehead atoms. The molecule has 0 aliphatic rings. The molecule has 0 aliphatic heterocycles. The molecule has 1 aromatic rings. The minimum Gasteiger partial charge on any atom is -0.496 e. The number of aliphatic hydroxyl groups excluding tert-OH is 1.